The second-order valence-corrected chi connectivity index (χ2v) is 10.5. The number of aromatic nitrogens is 2. The monoisotopic (exact) mass is 514 g/mol. The number of benzene rings is 1. The van der Waals surface area contributed by atoms with Gasteiger partial charge < -0.3 is 14.6 Å². The predicted molar refractivity (Wildman–Crippen MR) is 134 cm³/mol. The molecular formula is C25H27ClN4O4S. The number of methoxy groups -OCH3 is 1. The molecule has 10 heteroatoms. The second-order valence-electron chi connectivity index (χ2n) is 8.96. The predicted octanol–water partition coefficient (Wildman–Crippen LogP) is 4.97. The van der Waals surface area contributed by atoms with Crippen molar-refractivity contribution >= 4 is 39.8 Å². The SMILES string of the molecule is COC(=O)c1c(NC(=O)C2CCCN(Cc3nc(-c4ccccc4Cl)no3)C2)sc2c1CCCC2. The van der Waals surface area contributed by atoms with Gasteiger partial charge in [-0.05, 0) is 62.8 Å². The topological polar surface area (TPSA) is 97.6 Å². The summed E-state index contributed by atoms with van der Waals surface area (Å²) in [5, 5.41) is 8.31. The van der Waals surface area contributed by atoms with E-state index in [1.807, 2.05) is 18.2 Å². The average Bonchev–Trinajstić information content (AvgIpc) is 3.48. The van der Waals surface area contributed by atoms with Crippen LogP contribution in [0, 0.1) is 5.92 Å². The number of halogens is 1. The van der Waals surface area contributed by atoms with Gasteiger partial charge in [0.15, 0.2) is 0 Å². The number of rotatable bonds is 6. The Balaban J connectivity index is 1.25. The molecule has 0 saturated carbocycles. The Kier molecular flexibility index (Phi) is 7.17. The maximum atomic E-state index is 13.2. The number of carbonyl (C=O) groups is 2. The molecule has 0 bridgehead atoms. The van der Waals surface area contributed by atoms with E-state index in [0.29, 0.717) is 40.4 Å². The Morgan fingerprint density at radius 2 is 2.09 bits per heavy atom. The van der Waals surface area contributed by atoms with Crippen LogP contribution in [0.4, 0.5) is 5.00 Å². The van der Waals surface area contributed by atoms with Gasteiger partial charge >= 0.3 is 5.97 Å². The van der Waals surface area contributed by atoms with Crippen LogP contribution < -0.4 is 5.32 Å². The van der Waals surface area contributed by atoms with E-state index >= 15 is 0 Å². The zero-order chi connectivity index (χ0) is 24.4. The lowest BCUT2D eigenvalue weighted by atomic mass is 9.95. The molecule has 8 nitrogen and oxygen atoms in total. The Morgan fingerprint density at radius 3 is 2.91 bits per heavy atom. The number of anilines is 1. The van der Waals surface area contributed by atoms with Crippen LogP contribution in [0.15, 0.2) is 28.8 Å². The van der Waals surface area contributed by atoms with Gasteiger partial charge in [-0.15, -0.1) is 11.3 Å². The van der Waals surface area contributed by atoms with Crippen molar-refractivity contribution in [3.63, 3.8) is 0 Å². The van der Waals surface area contributed by atoms with E-state index < -0.39 is 0 Å². The molecule has 1 aromatic carbocycles. The van der Waals surface area contributed by atoms with Gasteiger partial charge in [0.1, 0.15) is 5.00 Å². The van der Waals surface area contributed by atoms with Gasteiger partial charge in [-0.1, -0.05) is 28.9 Å². The molecule has 3 aromatic rings. The van der Waals surface area contributed by atoms with Gasteiger partial charge in [0.2, 0.25) is 17.6 Å². The van der Waals surface area contributed by atoms with Crippen molar-refractivity contribution in [3.8, 4) is 11.4 Å². The number of amides is 1. The Labute approximate surface area is 212 Å². The summed E-state index contributed by atoms with van der Waals surface area (Å²) in [4.78, 5) is 33.5. The molecule has 5 rings (SSSR count). The number of piperidine rings is 1. The second kappa shape index (κ2) is 10.5. The summed E-state index contributed by atoms with van der Waals surface area (Å²) in [5.74, 6) is 0.296. The van der Waals surface area contributed by atoms with E-state index in [4.69, 9.17) is 20.9 Å². The quantitative estimate of drug-likeness (QED) is 0.464. The van der Waals surface area contributed by atoms with E-state index in [0.717, 1.165) is 56.2 Å². The smallest absolute Gasteiger partial charge is 0.341 e. The molecule has 0 spiro atoms. The Morgan fingerprint density at radius 1 is 1.26 bits per heavy atom. The summed E-state index contributed by atoms with van der Waals surface area (Å²) >= 11 is 7.76. The summed E-state index contributed by atoms with van der Waals surface area (Å²) in [7, 11) is 1.38. The average molecular weight is 515 g/mol. The molecule has 1 atom stereocenters. The first-order chi connectivity index (χ1) is 17.0. The van der Waals surface area contributed by atoms with Crippen LogP contribution in [0.1, 0.15) is 52.4 Å². The van der Waals surface area contributed by atoms with Crippen LogP contribution in [0.5, 0.6) is 0 Å². The molecule has 3 heterocycles. The number of esters is 1. The minimum absolute atomic E-state index is 0.0688. The fourth-order valence-electron chi connectivity index (χ4n) is 4.86. The zero-order valence-corrected chi connectivity index (χ0v) is 21.1. The molecule has 2 aliphatic rings. The first-order valence-electron chi connectivity index (χ1n) is 11.9. The number of carbonyl (C=O) groups excluding carboxylic acids is 2. The van der Waals surface area contributed by atoms with Crippen LogP contribution in [-0.2, 0) is 28.9 Å². The van der Waals surface area contributed by atoms with Gasteiger partial charge in [0, 0.05) is 17.0 Å². The van der Waals surface area contributed by atoms with Gasteiger partial charge in [-0.2, -0.15) is 4.98 Å². The molecule has 35 heavy (non-hydrogen) atoms. The summed E-state index contributed by atoms with van der Waals surface area (Å²) in [6, 6.07) is 7.37. The normalized spacial score (nSPS) is 18.2. The molecule has 1 aliphatic heterocycles. The lowest BCUT2D eigenvalue weighted by molar-refractivity contribution is -0.121. The van der Waals surface area contributed by atoms with Gasteiger partial charge in [-0.25, -0.2) is 4.79 Å². The van der Waals surface area contributed by atoms with Crippen molar-refractivity contribution in [1.82, 2.24) is 15.0 Å². The maximum Gasteiger partial charge on any atom is 0.341 e. The van der Waals surface area contributed by atoms with Crippen molar-refractivity contribution in [2.45, 2.75) is 45.1 Å². The number of likely N-dealkylation sites (tertiary alicyclic amines) is 1. The maximum absolute atomic E-state index is 13.2. The third-order valence-electron chi connectivity index (χ3n) is 6.62. The molecule has 1 fully saturated rings. The summed E-state index contributed by atoms with van der Waals surface area (Å²) in [5.41, 5.74) is 2.30. The number of aryl methyl sites for hydroxylation is 1. The number of nitrogens with zero attached hydrogens (tertiary/aromatic N) is 3. The number of thiophene rings is 1. The van der Waals surface area contributed by atoms with Gasteiger partial charge in [-0.3, -0.25) is 9.69 Å². The first kappa shape index (κ1) is 24.0. The van der Waals surface area contributed by atoms with Crippen molar-refractivity contribution in [2.75, 3.05) is 25.5 Å². The molecule has 1 saturated heterocycles. The lowest BCUT2D eigenvalue weighted by Gasteiger charge is -2.30. The molecule has 1 unspecified atom stereocenters. The van der Waals surface area contributed by atoms with Crippen LogP contribution in [0.2, 0.25) is 5.02 Å². The third-order valence-corrected chi connectivity index (χ3v) is 8.15. The highest BCUT2D eigenvalue weighted by atomic mass is 35.5. The highest BCUT2D eigenvalue weighted by Crippen LogP contribution is 2.39. The van der Waals surface area contributed by atoms with E-state index in [1.165, 1.54) is 23.3 Å². The van der Waals surface area contributed by atoms with Crippen LogP contribution in [-0.4, -0.2) is 47.1 Å². The van der Waals surface area contributed by atoms with E-state index in [1.54, 1.807) is 6.07 Å². The number of fused-ring (bicyclic) bond motifs is 1. The lowest BCUT2D eigenvalue weighted by Crippen LogP contribution is -2.40. The molecule has 0 radical (unpaired) electrons. The zero-order valence-electron chi connectivity index (χ0n) is 19.5. The molecule has 1 amide bonds. The summed E-state index contributed by atoms with van der Waals surface area (Å²) < 4.78 is 10.5. The molecule has 184 valence electrons. The van der Waals surface area contributed by atoms with Crippen LogP contribution in [0.3, 0.4) is 0 Å². The van der Waals surface area contributed by atoms with Crippen molar-refractivity contribution < 1.29 is 18.8 Å². The van der Waals surface area contributed by atoms with Gasteiger partial charge in [0.05, 0.1) is 30.2 Å². The van der Waals surface area contributed by atoms with Crippen molar-refractivity contribution in [1.29, 1.82) is 0 Å². The number of ether oxygens (including phenoxy) is 1. The minimum Gasteiger partial charge on any atom is -0.465 e. The van der Waals surface area contributed by atoms with Crippen LogP contribution in [0.25, 0.3) is 11.4 Å². The van der Waals surface area contributed by atoms with Crippen molar-refractivity contribution in [3.05, 3.63) is 51.2 Å². The number of hydrogen-bond donors (Lipinski definition) is 1. The van der Waals surface area contributed by atoms with Gasteiger partial charge in [0.25, 0.3) is 0 Å². The molecule has 1 aliphatic carbocycles. The highest BCUT2D eigenvalue weighted by molar-refractivity contribution is 7.17. The number of nitrogens with one attached hydrogen (secondary N) is 1. The molecule has 2 aromatic heterocycles. The molecular weight excluding hydrogens is 488 g/mol. The standard InChI is InChI=1S/C25H27ClN4O4S/c1-33-25(32)21-17-9-3-5-11-19(17)35-24(21)28-23(31)15-7-6-12-30(13-15)14-20-27-22(29-34-20)16-8-2-4-10-18(16)26/h2,4,8,10,15H,3,5-7,9,11-14H2,1H3,(H,28,31). The number of hydrogen-bond acceptors (Lipinski definition) is 8. The third kappa shape index (κ3) is 5.12. The summed E-state index contributed by atoms with van der Waals surface area (Å²) in [6.07, 6.45) is 5.62. The Bertz CT molecular complexity index is 1240. The van der Waals surface area contributed by atoms with E-state index in [9.17, 15) is 9.59 Å². The first-order valence-corrected chi connectivity index (χ1v) is 13.1. The van der Waals surface area contributed by atoms with Crippen molar-refractivity contribution in [2.24, 2.45) is 5.92 Å². The van der Waals surface area contributed by atoms with E-state index in [2.05, 4.69) is 20.4 Å². The summed E-state index contributed by atoms with van der Waals surface area (Å²) in [6.45, 7) is 1.88. The van der Waals surface area contributed by atoms with E-state index in [-0.39, 0.29) is 17.8 Å². The Hall–Kier alpha value is -2.75. The fraction of sp³-hybridized carbons (Fsp3) is 0.440. The minimum atomic E-state index is -0.379. The largest absolute Gasteiger partial charge is 0.465 e. The molecule has 1 N–H and O–H groups in total. The fourth-order valence-corrected chi connectivity index (χ4v) is 6.36. The highest BCUT2D eigenvalue weighted by Gasteiger charge is 2.31. The van der Waals surface area contributed by atoms with Crippen LogP contribution >= 0.6 is 22.9 Å².